The van der Waals surface area contributed by atoms with E-state index in [4.69, 9.17) is 0 Å². The van der Waals surface area contributed by atoms with E-state index in [0.717, 1.165) is 42.4 Å². The van der Waals surface area contributed by atoms with Gasteiger partial charge in [0, 0.05) is 5.92 Å². The highest BCUT2D eigenvalue weighted by molar-refractivity contribution is 5.14. The maximum atomic E-state index is 10.2. The van der Waals surface area contributed by atoms with Crippen molar-refractivity contribution in [1.29, 1.82) is 5.26 Å². The average molecular weight is 342 g/mol. The van der Waals surface area contributed by atoms with Crippen LogP contribution in [0, 0.1) is 57.7 Å². The summed E-state index contributed by atoms with van der Waals surface area (Å²) < 4.78 is 0. The van der Waals surface area contributed by atoms with Crippen LogP contribution in [-0.4, -0.2) is 11.2 Å². The van der Waals surface area contributed by atoms with Crippen molar-refractivity contribution in [2.45, 2.75) is 90.1 Å². The first kappa shape index (κ1) is 16.6. The summed E-state index contributed by atoms with van der Waals surface area (Å²) in [6.45, 7) is 2.59. The smallest absolute Gasteiger partial charge is 0.0658 e. The Labute approximate surface area is 153 Å². The van der Waals surface area contributed by atoms with Gasteiger partial charge in [-0.05, 0) is 111 Å². The van der Waals surface area contributed by atoms with Gasteiger partial charge in [0.25, 0.3) is 0 Å². The zero-order chi connectivity index (χ0) is 17.2. The van der Waals surface area contributed by atoms with E-state index in [9.17, 15) is 10.4 Å². The molecule has 5 saturated carbocycles. The molecule has 0 aromatic carbocycles. The normalized spacial score (nSPS) is 57.6. The fourth-order valence-electron chi connectivity index (χ4n) is 9.19. The van der Waals surface area contributed by atoms with E-state index in [1.807, 2.05) is 0 Å². The maximum absolute atomic E-state index is 10.2. The molecule has 25 heavy (non-hydrogen) atoms. The third-order valence-corrected chi connectivity index (χ3v) is 10.2. The number of nitrogens with zero attached hydrogens (tertiary/aromatic N) is 1. The summed E-state index contributed by atoms with van der Waals surface area (Å²) in [5, 5.41) is 19.9. The molecule has 9 atom stereocenters. The molecule has 5 rings (SSSR count). The Morgan fingerprint density at radius 2 is 1.72 bits per heavy atom. The van der Waals surface area contributed by atoms with Gasteiger partial charge in [-0.25, -0.2) is 0 Å². The van der Waals surface area contributed by atoms with Gasteiger partial charge in [-0.2, -0.15) is 5.26 Å². The maximum Gasteiger partial charge on any atom is 0.0658 e. The van der Waals surface area contributed by atoms with Gasteiger partial charge < -0.3 is 5.11 Å². The molecule has 0 bridgehead atoms. The molecule has 0 heterocycles. The topological polar surface area (TPSA) is 44.0 Å². The van der Waals surface area contributed by atoms with Crippen molar-refractivity contribution in [2.24, 2.45) is 46.3 Å². The lowest BCUT2D eigenvalue weighted by Crippen LogP contribution is -2.55. The number of rotatable bonds is 0. The van der Waals surface area contributed by atoms with Crippen molar-refractivity contribution in [1.82, 2.24) is 0 Å². The van der Waals surface area contributed by atoms with E-state index in [1.165, 1.54) is 64.2 Å². The molecule has 1 spiro atoms. The minimum atomic E-state index is -0.0323. The van der Waals surface area contributed by atoms with Crippen molar-refractivity contribution >= 4 is 0 Å². The van der Waals surface area contributed by atoms with Gasteiger partial charge >= 0.3 is 0 Å². The second-order valence-corrected chi connectivity index (χ2v) is 10.7. The molecular weight excluding hydrogens is 306 g/mol. The largest absolute Gasteiger partial charge is 0.393 e. The Hall–Kier alpha value is -0.550. The van der Waals surface area contributed by atoms with Gasteiger partial charge in [-0.3, -0.25) is 0 Å². The number of aliphatic hydroxyl groups is 1. The van der Waals surface area contributed by atoms with Crippen molar-refractivity contribution in [3.63, 3.8) is 0 Å². The molecule has 0 aromatic rings. The van der Waals surface area contributed by atoms with E-state index in [2.05, 4.69) is 13.0 Å². The van der Waals surface area contributed by atoms with Crippen LogP contribution in [0.15, 0.2) is 0 Å². The van der Waals surface area contributed by atoms with E-state index in [1.54, 1.807) is 0 Å². The predicted octanol–water partition coefficient (Wildman–Crippen LogP) is 5.31. The molecule has 5 unspecified atom stereocenters. The van der Waals surface area contributed by atoms with Gasteiger partial charge in [0.1, 0.15) is 0 Å². The van der Waals surface area contributed by atoms with E-state index in [0.29, 0.717) is 16.7 Å². The average Bonchev–Trinajstić information content (AvgIpc) is 3.02. The monoisotopic (exact) mass is 341 g/mol. The third-order valence-electron chi connectivity index (χ3n) is 10.2. The van der Waals surface area contributed by atoms with Crippen molar-refractivity contribution in [2.75, 3.05) is 0 Å². The van der Waals surface area contributed by atoms with Crippen LogP contribution in [0.1, 0.15) is 84.0 Å². The van der Waals surface area contributed by atoms with Gasteiger partial charge in [0.15, 0.2) is 0 Å². The molecule has 0 amide bonds. The summed E-state index contributed by atoms with van der Waals surface area (Å²) >= 11 is 0. The number of hydrogen-bond acceptors (Lipinski definition) is 2. The quantitative estimate of drug-likeness (QED) is 0.649. The van der Waals surface area contributed by atoms with Crippen molar-refractivity contribution in [3.05, 3.63) is 0 Å². The molecule has 0 radical (unpaired) electrons. The molecular formula is C23H35NO. The lowest BCUT2D eigenvalue weighted by Gasteiger charge is -2.62. The fraction of sp³-hybridized carbons (Fsp3) is 0.957. The Bertz CT molecular complexity index is 581. The first-order valence-corrected chi connectivity index (χ1v) is 11.2. The summed E-state index contributed by atoms with van der Waals surface area (Å²) in [4.78, 5) is 0. The van der Waals surface area contributed by atoms with E-state index >= 15 is 0 Å². The highest BCUT2D eigenvalue weighted by atomic mass is 16.3. The Kier molecular flexibility index (Phi) is 3.80. The van der Waals surface area contributed by atoms with Gasteiger partial charge in [-0.15, -0.1) is 0 Å². The van der Waals surface area contributed by atoms with Crippen LogP contribution < -0.4 is 0 Å². The van der Waals surface area contributed by atoms with Crippen LogP contribution in [0.2, 0.25) is 0 Å². The molecule has 2 nitrogen and oxygen atoms in total. The van der Waals surface area contributed by atoms with Gasteiger partial charge in [-0.1, -0.05) is 13.3 Å². The summed E-state index contributed by atoms with van der Waals surface area (Å²) in [6.07, 6.45) is 15.5. The molecule has 138 valence electrons. The van der Waals surface area contributed by atoms with Crippen LogP contribution in [-0.2, 0) is 0 Å². The molecule has 0 aromatic heterocycles. The molecule has 5 fully saturated rings. The van der Waals surface area contributed by atoms with Crippen LogP contribution in [0.5, 0.6) is 0 Å². The predicted molar refractivity (Wildman–Crippen MR) is 98.5 cm³/mol. The SMILES string of the molecule is C[C@]12CC[C@@H](O)C[C@@H]1CCC1C3CCC4[C@H](C#N)CCCC34CCC12. The van der Waals surface area contributed by atoms with Crippen molar-refractivity contribution in [3.8, 4) is 6.07 Å². The second-order valence-electron chi connectivity index (χ2n) is 10.7. The number of nitriles is 1. The lowest BCUT2D eigenvalue weighted by atomic mass is 9.43. The van der Waals surface area contributed by atoms with Crippen LogP contribution in [0.3, 0.4) is 0 Å². The Morgan fingerprint density at radius 1 is 0.880 bits per heavy atom. The summed E-state index contributed by atoms with van der Waals surface area (Å²) in [7, 11) is 0. The molecule has 5 aliphatic rings. The number of hydrogen-bond donors (Lipinski definition) is 1. The molecule has 0 saturated heterocycles. The molecule has 0 aliphatic heterocycles. The Morgan fingerprint density at radius 3 is 2.56 bits per heavy atom. The minimum absolute atomic E-state index is 0.0323. The summed E-state index contributed by atoms with van der Waals surface area (Å²) in [5.41, 5.74) is 1.03. The lowest BCUT2D eigenvalue weighted by molar-refractivity contribution is -0.138. The Balaban J connectivity index is 1.45. The first-order chi connectivity index (χ1) is 12.1. The summed E-state index contributed by atoms with van der Waals surface area (Å²) in [5.74, 6) is 4.57. The third kappa shape index (κ3) is 2.17. The minimum Gasteiger partial charge on any atom is -0.393 e. The molecule has 1 N–H and O–H groups in total. The van der Waals surface area contributed by atoms with Crippen LogP contribution in [0.25, 0.3) is 0 Å². The summed E-state index contributed by atoms with van der Waals surface area (Å²) in [6, 6.07) is 2.71. The highest BCUT2D eigenvalue weighted by Gasteiger charge is 2.63. The molecule has 2 heteroatoms. The second kappa shape index (κ2) is 5.72. The number of aliphatic hydroxyl groups excluding tert-OH is 1. The van der Waals surface area contributed by atoms with Crippen LogP contribution in [0.4, 0.5) is 0 Å². The number of fused-ring (bicyclic) bond motifs is 4. The zero-order valence-corrected chi connectivity index (χ0v) is 15.9. The van der Waals surface area contributed by atoms with Crippen LogP contribution >= 0.6 is 0 Å². The van der Waals surface area contributed by atoms with Gasteiger partial charge in [0.2, 0.25) is 0 Å². The standard InChI is InChI=1S/C23H35NO/c1-22-11-8-17(25)13-16(22)4-5-18-20(22)9-12-23-10-2-3-15(14-24)19(23)6-7-21(18)23/h15-21,25H,2-13H2,1H3/t15-,16-,17+,18?,19?,20?,21?,22-,23?/m0/s1. The molecule has 5 aliphatic carbocycles. The van der Waals surface area contributed by atoms with E-state index in [-0.39, 0.29) is 6.10 Å². The zero-order valence-electron chi connectivity index (χ0n) is 15.9. The van der Waals surface area contributed by atoms with Crippen molar-refractivity contribution < 1.29 is 5.11 Å². The fourth-order valence-corrected chi connectivity index (χ4v) is 9.19. The first-order valence-electron chi connectivity index (χ1n) is 11.2. The van der Waals surface area contributed by atoms with Gasteiger partial charge in [0.05, 0.1) is 12.2 Å². The highest BCUT2D eigenvalue weighted by Crippen LogP contribution is 2.70. The van der Waals surface area contributed by atoms with E-state index < -0.39 is 0 Å².